The van der Waals surface area contributed by atoms with Crippen molar-refractivity contribution < 1.29 is 14.3 Å². The summed E-state index contributed by atoms with van der Waals surface area (Å²) in [4.78, 5) is 11.6. The van der Waals surface area contributed by atoms with E-state index in [1.165, 1.54) is 32.8 Å². The van der Waals surface area contributed by atoms with Gasteiger partial charge in [0.1, 0.15) is 12.2 Å². The van der Waals surface area contributed by atoms with E-state index in [1.54, 1.807) is 6.07 Å². The van der Waals surface area contributed by atoms with Gasteiger partial charge in [0.05, 0.1) is 12.7 Å². The Bertz CT molecular complexity index is 697. The van der Waals surface area contributed by atoms with Crippen molar-refractivity contribution in [2.45, 2.75) is 51.2 Å². The normalized spacial score (nSPS) is 19.6. The number of epoxide rings is 1. The zero-order chi connectivity index (χ0) is 19.3. The Kier molecular flexibility index (Phi) is 9.36. The maximum atomic E-state index is 11.6. The second-order valence-electron chi connectivity index (χ2n) is 6.57. The predicted octanol–water partition coefficient (Wildman–Crippen LogP) is 6.11. The lowest BCUT2D eigenvalue weighted by molar-refractivity contribution is 0.0600. The summed E-state index contributed by atoms with van der Waals surface area (Å²) in [6.45, 7) is 2.23. The first kappa shape index (κ1) is 20.9. The summed E-state index contributed by atoms with van der Waals surface area (Å²) in [6.07, 6.45) is 22.9. The Balaban J connectivity index is 1.68. The highest BCUT2D eigenvalue weighted by atomic mass is 16.6. The second-order valence-corrected chi connectivity index (χ2v) is 6.57. The number of esters is 1. The number of hydrogen-bond donors (Lipinski definition) is 0. The fourth-order valence-corrected chi connectivity index (χ4v) is 2.79. The summed E-state index contributed by atoms with van der Waals surface area (Å²) in [7, 11) is 1.39. The van der Waals surface area contributed by atoms with Gasteiger partial charge in [0.2, 0.25) is 0 Å². The fourth-order valence-electron chi connectivity index (χ4n) is 2.79. The van der Waals surface area contributed by atoms with E-state index in [1.807, 2.05) is 48.6 Å². The third-order valence-electron chi connectivity index (χ3n) is 4.38. The van der Waals surface area contributed by atoms with E-state index in [9.17, 15) is 4.79 Å². The maximum absolute atomic E-state index is 11.6. The average molecular weight is 367 g/mol. The molecule has 1 aromatic carbocycles. The number of unbranched alkanes of at least 4 members (excludes halogenated alkanes) is 4. The number of carbonyl (C=O) groups is 1. The van der Waals surface area contributed by atoms with Crippen molar-refractivity contribution in [2.24, 2.45) is 0 Å². The number of carbonyl (C=O) groups excluding carboxylic acids is 1. The van der Waals surface area contributed by atoms with Crippen LogP contribution in [0.2, 0.25) is 0 Å². The molecule has 2 atom stereocenters. The number of benzene rings is 1. The largest absolute Gasteiger partial charge is 0.465 e. The van der Waals surface area contributed by atoms with Gasteiger partial charge in [0.15, 0.2) is 0 Å². The van der Waals surface area contributed by atoms with Crippen molar-refractivity contribution in [2.75, 3.05) is 7.11 Å². The highest BCUT2D eigenvalue weighted by molar-refractivity contribution is 5.89. The number of methoxy groups -OCH3 is 1. The molecule has 0 aromatic heterocycles. The molecule has 1 aromatic rings. The highest BCUT2D eigenvalue weighted by Gasteiger charge is 2.37. The minimum absolute atomic E-state index is 0.0189. The first-order chi connectivity index (χ1) is 13.3. The molecule has 144 valence electrons. The molecule has 3 nitrogen and oxygen atoms in total. The third kappa shape index (κ3) is 7.79. The van der Waals surface area contributed by atoms with E-state index in [2.05, 4.69) is 25.2 Å². The molecule has 2 unspecified atom stereocenters. The molecule has 0 saturated carbocycles. The van der Waals surface area contributed by atoms with Crippen molar-refractivity contribution >= 4 is 5.97 Å². The second kappa shape index (κ2) is 12.1. The molecule has 1 saturated heterocycles. The van der Waals surface area contributed by atoms with Gasteiger partial charge in [-0.25, -0.2) is 4.79 Å². The monoisotopic (exact) mass is 366 g/mol. The van der Waals surface area contributed by atoms with E-state index < -0.39 is 0 Å². The average Bonchev–Trinajstić information content (AvgIpc) is 3.48. The Hall–Kier alpha value is -2.39. The maximum Gasteiger partial charge on any atom is 0.337 e. The summed E-state index contributed by atoms with van der Waals surface area (Å²) in [5.74, 6) is -0.325. The van der Waals surface area contributed by atoms with Crippen molar-refractivity contribution in [1.82, 2.24) is 0 Å². The molecule has 27 heavy (non-hydrogen) atoms. The lowest BCUT2D eigenvalue weighted by Gasteiger charge is -2.00. The van der Waals surface area contributed by atoms with Crippen molar-refractivity contribution in [3.8, 4) is 0 Å². The molecule has 0 aliphatic carbocycles. The van der Waals surface area contributed by atoms with Crippen LogP contribution in [0.15, 0.2) is 72.9 Å². The molecule has 2 rings (SSSR count). The lowest BCUT2D eigenvalue weighted by atomic mass is 10.1. The van der Waals surface area contributed by atoms with Gasteiger partial charge in [-0.2, -0.15) is 0 Å². The molecule has 0 radical (unpaired) electrons. The number of rotatable bonds is 11. The van der Waals surface area contributed by atoms with E-state index >= 15 is 0 Å². The van der Waals surface area contributed by atoms with Gasteiger partial charge in [-0.05, 0) is 30.5 Å². The van der Waals surface area contributed by atoms with Crippen LogP contribution in [0, 0.1) is 0 Å². The van der Waals surface area contributed by atoms with Gasteiger partial charge in [-0.3, -0.25) is 0 Å². The van der Waals surface area contributed by atoms with Crippen LogP contribution in [0.25, 0.3) is 0 Å². The Labute approximate surface area is 163 Å². The van der Waals surface area contributed by atoms with Gasteiger partial charge in [0.25, 0.3) is 0 Å². The molecule has 1 aliphatic heterocycles. The molecular weight excluding hydrogens is 336 g/mol. The Morgan fingerprint density at radius 3 is 2.63 bits per heavy atom. The summed E-state index contributed by atoms with van der Waals surface area (Å²) in [5.41, 5.74) is 1.55. The van der Waals surface area contributed by atoms with Gasteiger partial charge < -0.3 is 9.47 Å². The van der Waals surface area contributed by atoms with Crippen LogP contribution in [0.5, 0.6) is 0 Å². The molecule has 1 fully saturated rings. The van der Waals surface area contributed by atoms with Gasteiger partial charge >= 0.3 is 5.97 Å². The molecule has 0 amide bonds. The Morgan fingerprint density at radius 2 is 1.85 bits per heavy atom. The zero-order valence-corrected chi connectivity index (χ0v) is 16.3. The Morgan fingerprint density at radius 1 is 1.07 bits per heavy atom. The lowest BCUT2D eigenvalue weighted by Crippen LogP contribution is -2.01. The SMILES string of the molecule is CCCCCCC=CC=CC=CC=CC1OC1c1cccc(C(=O)OC)c1. The molecule has 0 N–H and O–H groups in total. The minimum Gasteiger partial charge on any atom is -0.465 e. The molecule has 1 aliphatic rings. The summed E-state index contributed by atoms with van der Waals surface area (Å²) >= 11 is 0. The van der Waals surface area contributed by atoms with E-state index in [4.69, 9.17) is 9.47 Å². The van der Waals surface area contributed by atoms with Crippen LogP contribution < -0.4 is 0 Å². The first-order valence-electron chi connectivity index (χ1n) is 9.76. The van der Waals surface area contributed by atoms with Crippen molar-refractivity contribution in [1.29, 1.82) is 0 Å². The van der Waals surface area contributed by atoms with Crippen molar-refractivity contribution in [3.63, 3.8) is 0 Å². The third-order valence-corrected chi connectivity index (χ3v) is 4.38. The fraction of sp³-hybridized carbons (Fsp3) is 0.375. The molecule has 0 bridgehead atoms. The number of hydrogen-bond acceptors (Lipinski definition) is 3. The highest BCUT2D eigenvalue weighted by Crippen LogP contribution is 2.39. The molecule has 3 heteroatoms. The predicted molar refractivity (Wildman–Crippen MR) is 111 cm³/mol. The molecule has 0 spiro atoms. The molecule has 1 heterocycles. The quantitative estimate of drug-likeness (QED) is 0.205. The van der Waals surface area contributed by atoms with Crippen LogP contribution in [0.3, 0.4) is 0 Å². The van der Waals surface area contributed by atoms with E-state index in [0.717, 1.165) is 12.0 Å². The summed E-state index contributed by atoms with van der Waals surface area (Å²) in [6, 6.07) is 7.40. The van der Waals surface area contributed by atoms with Gasteiger partial charge in [-0.1, -0.05) is 86.9 Å². The van der Waals surface area contributed by atoms with Crippen LogP contribution >= 0.6 is 0 Å². The summed E-state index contributed by atoms with van der Waals surface area (Å²) < 4.78 is 10.4. The standard InChI is InChI=1S/C24H30O3/c1-3-4-5-6-7-8-9-10-11-12-13-14-18-22-23(27-22)20-16-15-17-21(19-20)24(25)26-2/h8-19,22-23H,3-7H2,1-2H3. The van der Waals surface area contributed by atoms with E-state index in [-0.39, 0.29) is 18.2 Å². The van der Waals surface area contributed by atoms with Crippen molar-refractivity contribution in [3.05, 3.63) is 84.0 Å². The van der Waals surface area contributed by atoms with Crippen LogP contribution in [0.1, 0.15) is 61.1 Å². The number of ether oxygens (including phenoxy) is 2. The van der Waals surface area contributed by atoms with Crippen LogP contribution in [0.4, 0.5) is 0 Å². The zero-order valence-electron chi connectivity index (χ0n) is 16.3. The first-order valence-corrected chi connectivity index (χ1v) is 9.76. The minimum atomic E-state index is -0.325. The van der Waals surface area contributed by atoms with Crippen LogP contribution in [-0.4, -0.2) is 19.2 Å². The molecular formula is C24H30O3. The van der Waals surface area contributed by atoms with E-state index in [0.29, 0.717) is 5.56 Å². The topological polar surface area (TPSA) is 38.8 Å². The van der Waals surface area contributed by atoms with Crippen LogP contribution in [-0.2, 0) is 9.47 Å². The van der Waals surface area contributed by atoms with Gasteiger partial charge in [-0.15, -0.1) is 0 Å². The smallest absolute Gasteiger partial charge is 0.337 e. The summed E-state index contributed by atoms with van der Waals surface area (Å²) in [5, 5.41) is 0. The number of allylic oxidation sites excluding steroid dienone is 7. The van der Waals surface area contributed by atoms with Gasteiger partial charge in [0, 0.05) is 0 Å².